The summed E-state index contributed by atoms with van der Waals surface area (Å²) < 4.78 is 10.5. The number of hydrogen-bond donors (Lipinski definition) is 3. The molecule has 8 heteroatoms. The summed E-state index contributed by atoms with van der Waals surface area (Å²) in [5, 5.41) is 0. The van der Waals surface area contributed by atoms with Crippen molar-refractivity contribution in [2.75, 3.05) is 5.88 Å². The Hall–Kier alpha value is 1.04. The van der Waals surface area contributed by atoms with Gasteiger partial charge < -0.3 is 13.9 Å². The molecule has 0 saturated heterocycles. The molecule has 0 spiro atoms. The standard InChI is InChI=1S/C4H20ClN3Si4/c1-12(4-2-3-5)8-11-7-10-6-9/h6-8,12H,2-4,10-11H2,1,9H3. The Morgan fingerprint density at radius 3 is 2.83 bits per heavy atom. The summed E-state index contributed by atoms with van der Waals surface area (Å²) in [6, 6.07) is 1.34. The molecular formula is C4H20ClN3Si4. The molecule has 1 unspecified atom stereocenters. The van der Waals surface area contributed by atoms with E-state index in [9.17, 15) is 0 Å². The maximum Gasteiger partial charge on any atom is 0.154 e. The molecule has 0 amide bonds. The van der Waals surface area contributed by atoms with Crippen LogP contribution in [0, 0.1) is 0 Å². The van der Waals surface area contributed by atoms with Gasteiger partial charge in [0.05, 0.1) is 19.4 Å². The van der Waals surface area contributed by atoms with Crippen molar-refractivity contribution in [1.82, 2.24) is 13.9 Å². The van der Waals surface area contributed by atoms with Gasteiger partial charge in [0, 0.05) is 5.88 Å². The lowest BCUT2D eigenvalue weighted by atomic mass is 10.6. The van der Waals surface area contributed by atoms with Crippen LogP contribution in [0.3, 0.4) is 0 Å². The van der Waals surface area contributed by atoms with Gasteiger partial charge in [-0.1, -0.05) is 6.55 Å². The number of halogens is 1. The Kier molecular flexibility index (Phi) is 11.0. The molecule has 1 atom stereocenters. The van der Waals surface area contributed by atoms with E-state index in [1.807, 2.05) is 0 Å². The second-order valence-corrected chi connectivity index (χ2v) is 12.8. The number of alkyl halides is 1. The van der Waals surface area contributed by atoms with Crippen LogP contribution in [0.15, 0.2) is 0 Å². The SMILES string of the molecule is C[SiH](CCCCl)N[SiH2]N[SiH2]N[SiH3]. The molecule has 0 rings (SSSR count). The maximum atomic E-state index is 5.62. The van der Waals surface area contributed by atoms with Crippen molar-refractivity contribution in [3.63, 3.8) is 0 Å². The molecule has 0 aliphatic rings. The normalized spacial score (nSPS) is 15.5. The van der Waals surface area contributed by atoms with Crippen LogP contribution >= 0.6 is 11.6 Å². The van der Waals surface area contributed by atoms with Crippen LogP contribution in [0.25, 0.3) is 0 Å². The zero-order valence-electron chi connectivity index (χ0n) is 7.99. The molecule has 12 heavy (non-hydrogen) atoms. The predicted octanol–water partition coefficient (Wildman–Crippen LogP) is -2.98. The first-order valence-electron chi connectivity index (χ1n) is 4.46. The number of rotatable bonds is 8. The van der Waals surface area contributed by atoms with Gasteiger partial charge >= 0.3 is 0 Å². The van der Waals surface area contributed by atoms with Crippen LogP contribution < -0.4 is 13.9 Å². The third-order valence-electron chi connectivity index (χ3n) is 1.65. The third kappa shape index (κ3) is 9.13. The zero-order chi connectivity index (χ0) is 9.23. The van der Waals surface area contributed by atoms with Crippen LogP contribution in [0.4, 0.5) is 0 Å². The van der Waals surface area contributed by atoms with E-state index in [-0.39, 0.29) is 19.7 Å². The molecule has 0 bridgehead atoms. The maximum absolute atomic E-state index is 5.62. The quantitative estimate of drug-likeness (QED) is 0.247. The van der Waals surface area contributed by atoms with Gasteiger partial charge in [0.2, 0.25) is 0 Å². The van der Waals surface area contributed by atoms with Crippen LogP contribution in [0.5, 0.6) is 0 Å². The summed E-state index contributed by atoms with van der Waals surface area (Å²) in [6.07, 6.45) is 1.19. The molecule has 3 nitrogen and oxygen atoms in total. The van der Waals surface area contributed by atoms with E-state index in [1.54, 1.807) is 0 Å². The van der Waals surface area contributed by atoms with E-state index in [0.29, 0.717) is 0 Å². The van der Waals surface area contributed by atoms with Gasteiger partial charge in [0.15, 0.2) is 19.7 Å². The molecular weight excluding hydrogens is 238 g/mol. The fourth-order valence-corrected chi connectivity index (χ4v) is 9.99. The number of nitrogens with one attached hydrogen (secondary N) is 3. The van der Waals surface area contributed by atoms with E-state index < -0.39 is 8.96 Å². The molecule has 3 N–H and O–H groups in total. The Morgan fingerprint density at radius 2 is 2.25 bits per heavy atom. The average molecular weight is 258 g/mol. The molecule has 0 aromatic heterocycles. The minimum absolute atomic E-state index is 0.0833. The molecule has 0 fully saturated rings. The second kappa shape index (κ2) is 10.1. The summed E-state index contributed by atoms with van der Waals surface area (Å²) in [4.78, 5) is 0. The average Bonchev–Trinajstić information content (AvgIpc) is 2.09. The van der Waals surface area contributed by atoms with Crippen LogP contribution in [0.1, 0.15) is 6.42 Å². The van der Waals surface area contributed by atoms with E-state index >= 15 is 0 Å². The van der Waals surface area contributed by atoms with E-state index in [1.165, 1.54) is 12.5 Å². The highest BCUT2D eigenvalue weighted by atomic mass is 35.5. The molecule has 0 saturated carbocycles. The number of hydrogen-bond acceptors (Lipinski definition) is 3. The summed E-state index contributed by atoms with van der Waals surface area (Å²) in [5.41, 5.74) is 0. The van der Waals surface area contributed by atoms with Crippen LogP contribution in [-0.2, 0) is 0 Å². The smallest absolute Gasteiger partial charge is 0.154 e. The summed E-state index contributed by atoms with van der Waals surface area (Å²) in [7, 11) is 0.331. The molecule has 0 aliphatic carbocycles. The van der Waals surface area contributed by atoms with Gasteiger partial charge in [-0.25, -0.2) is 0 Å². The van der Waals surface area contributed by atoms with Gasteiger partial charge in [-0.2, -0.15) is 0 Å². The molecule has 0 aromatic rings. The van der Waals surface area contributed by atoms with Crippen molar-refractivity contribution < 1.29 is 0 Å². The minimum atomic E-state index is -0.592. The van der Waals surface area contributed by atoms with Gasteiger partial charge in [-0.05, 0) is 12.5 Å². The largest absolute Gasteiger partial charge is 0.360 e. The molecule has 0 radical (unpaired) electrons. The first kappa shape index (κ1) is 13.0. The molecule has 74 valence electrons. The first-order chi connectivity index (χ1) is 5.81. The summed E-state index contributed by atoms with van der Waals surface area (Å²) >= 11 is 5.62. The minimum Gasteiger partial charge on any atom is -0.360 e. The lowest BCUT2D eigenvalue weighted by Gasteiger charge is -2.11. The second-order valence-electron chi connectivity index (χ2n) is 2.89. The monoisotopic (exact) mass is 257 g/mol. The lowest BCUT2D eigenvalue weighted by molar-refractivity contribution is 1.06. The summed E-state index contributed by atoms with van der Waals surface area (Å²) in [5.74, 6) is 0.824. The van der Waals surface area contributed by atoms with Gasteiger partial charge in [0.1, 0.15) is 0 Å². The highest BCUT2D eigenvalue weighted by molar-refractivity contribution is 6.66. The van der Waals surface area contributed by atoms with Crippen molar-refractivity contribution in [1.29, 1.82) is 0 Å². The first-order valence-corrected chi connectivity index (χ1v) is 11.4. The zero-order valence-corrected chi connectivity index (χ0v) is 14.7. The van der Waals surface area contributed by atoms with Gasteiger partial charge in [0.25, 0.3) is 0 Å². The molecule has 0 heterocycles. The Labute approximate surface area is 89.6 Å². The third-order valence-corrected chi connectivity index (χ3v) is 10.2. The Bertz CT molecular complexity index is 98.4. The Balaban J connectivity index is 3.02. The van der Waals surface area contributed by atoms with E-state index in [0.717, 1.165) is 16.3 Å². The van der Waals surface area contributed by atoms with Crippen molar-refractivity contribution in [2.45, 2.75) is 19.0 Å². The highest BCUT2D eigenvalue weighted by Gasteiger charge is 2.00. The predicted molar refractivity (Wildman–Crippen MR) is 69.6 cm³/mol. The van der Waals surface area contributed by atoms with E-state index in [4.69, 9.17) is 11.6 Å². The molecule has 0 aliphatic heterocycles. The Morgan fingerprint density at radius 1 is 1.50 bits per heavy atom. The van der Waals surface area contributed by atoms with Gasteiger partial charge in [-0.3, -0.25) is 0 Å². The fourth-order valence-electron chi connectivity index (χ4n) is 0.919. The van der Waals surface area contributed by atoms with Crippen LogP contribution in [0.2, 0.25) is 12.6 Å². The fraction of sp³-hybridized carbons (Fsp3) is 1.00. The highest BCUT2D eigenvalue weighted by Crippen LogP contribution is 1.95. The summed E-state index contributed by atoms with van der Waals surface area (Å²) in [6.45, 7) is 2.37. The van der Waals surface area contributed by atoms with Crippen molar-refractivity contribution in [3.8, 4) is 0 Å². The lowest BCUT2D eigenvalue weighted by Crippen LogP contribution is -2.46. The van der Waals surface area contributed by atoms with Crippen molar-refractivity contribution in [2.24, 2.45) is 0 Å². The van der Waals surface area contributed by atoms with Crippen molar-refractivity contribution >= 4 is 50.6 Å². The van der Waals surface area contributed by atoms with Gasteiger partial charge in [-0.15, -0.1) is 11.6 Å². The molecule has 0 aromatic carbocycles. The van der Waals surface area contributed by atoms with E-state index in [2.05, 4.69) is 20.5 Å². The van der Waals surface area contributed by atoms with Crippen molar-refractivity contribution in [3.05, 3.63) is 0 Å². The topological polar surface area (TPSA) is 36.1 Å². The van der Waals surface area contributed by atoms with Crippen LogP contribution in [-0.4, -0.2) is 44.9 Å².